The third kappa shape index (κ3) is 5.37. The molecule has 2 aromatic rings. The number of furan rings is 1. The van der Waals surface area contributed by atoms with Crippen LogP contribution in [0.5, 0.6) is 0 Å². The summed E-state index contributed by atoms with van der Waals surface area (Å²) in [6.45, 7) is 4.30. The number of hydrogen-bond acceptors (Lipinski definition) is 3. The number of aryl methyl sites for hydroxylation is 1. The molecule has 0 bridgehead atoms. The van der Waals surface area contributed by atoms with Gasteiger partial charge in [-0.2, -0.15) is 0 Å². The minimum atomic E-state index is -0.538. The first-order chi connectivity index (χ1) is 10.1. The van der Waals surface area contributed by atoms with E-state index in [0.717, 1.165) is 12.8 Å². The van der Waals surface area contributed by atoms with Crippen LogP contribution in [0.3, 0.4) is 0 Å². The molecule has 0 aliphatic heterocycles. The highest BCUT2D eigenvalue weighted by atomic mass is 16.4. The average Bonchev–Trinajstić information content (AvgIpc) is 3.00. The Morgan fingerprint density at radius 1 is 1.05 bits per heavy atom. The van der Waals surface area contributed by atoms with Crippen molar-refractivity contribution in [1.29, 1.82) is 0 Å². The van der Waals surface area contributed by atoms with Crippen molar-refractivity contribution in [3.63, 3.8) is 0 Å². The van der Waals surface area contributed by atoms with Gasteiger partial charge in [-0.15, -0.1) is 0 Å². The summed E-state index contributed by atoms with van der Waals surface area (Å²) in [5.74, 6) is 0.639. The molecule has 21 heavy (non-hydrogen) atoms. The Morgan fingerprint density at radius 2 is 1.81 bits per heavy atom. The van der Waals surface area contributed by atoms with Crippen molar-refractivity contribution in [3.05, 3.63) is 60.1 Å². The Bertz CT molecular complexity index is 495. The molecule has 2 rings (SSSR count). The van der Waals surface area contributed by atoms with Crippen molar-refractivity contribution in [1.82, 2.24) is 5.32 Å². The van der Waals surface area contributed by atoms with Crippen LogP contribution in [-0.2, 0) is 6.42 Å². The third-order valence-electron chi connectivity index (χ3n) is 3.73. The molecule has 0 spiro atoms. The molecule has 1 aromatic heterocycles. The first kappa shape index (κ1) is 15.8. The van der Waals surface area contributed by atoms with Crippen LogP contribution in [0.1, 0.15) is 44.1 Å². The van der Waals surface area contributed by atoms with Crippen LogP contribution >= 0.6 is 0 Å². The molecule has 0 amide bonds. The summed E-state index contributed by atoms with van der Waals surface area (Å²) >= 11 is 0. The van der Waals surface area contributed by atoms with E-state index in [2.05, 4.69) is 43.4 Å². The van der Waals surface area contributed by atoms with E-state index in [1.165, 1.54) is 5.56 Å². The normalized spacial score (nSPS) is 15.6. The maximum Gasteiger partial charge on any atom is 0.132 e. The smallest absolute Gasteiger partial charge is 0.132 e. The summed E-state index contributed by atoms with van der Waals surface area (Å²) in [5, 5.41) is 13.6. The van der Waals surface area contributed by atoms with Crippen LogP contribution in [0.25, 0.3) is 0 Å². The standard InChI is InChI=1S/C18H25NO2/c1-14(10-11-16-7-4-3-5-8-16)19-15(2)13-17(20)18-9-6-12-21-18/h3-9,12,14-15,17,19-20H,10-11,13H2,1-2H3. The van der Waals surface area contributed by atoms with Crippen molar-refractivity contribution in [2.75, 3.05) is 0 Å². The lowest BCUT2D eigenvalue weighted by Crippen LogP contribution is -2.35. The molecular weight excluding hydrogens is 262 g/mol. The van der Waals surface area contributed by atoms with Gasteiger partial charge in [0.25, 0.3) is 0 Å². The van der Waals surface area contributed by atoms with Crippen molar-refractivity contribution in [2.24, 2.45) is 0 Å². The lowest BCUT2D eigenvalue weighted by molar-refractivity contribution is 0.127. The van der Waals surface area contributed by atoms with E-state index < -0.39 is 6.10 Å². The van der Waals surface area contributed by atoms with Gasteiger partial charge in [0.05, 0.1) is 6.26 Å². The minimum absolute atomic E-state index is 0.246. The van der Waals surface area contributed by atoms with Crippen LogP contribution in [0, 0.1) is 0 Å². The molecule has 0 fully saturated rings. The third-order valence-corrected chi connectivity index (χ3v) is 3.73. The first-order valence-corrected chi connectivity index (χ1v) is 7.66. The molecule has 2 N–H and O–H groups in total. The van der Waals surface area contributed by atoms with Crippen LogP contribution in [0.2, 0.25) is 0 Å². The molecule has 0 saturated heterocycles. The minimum Gasteiger partial charge on any atom is -0.467 e. The fourth-order valence-corrected chi connectivity index (χ4v) is 2.60. The molecular formula is C18H25NO2. The number of aliphatic hydroxyl groups excluding tert-OH is 1. The van der Waals surface area contributed by atoms with E-state index in [-0.39, 0.29) is 6.04 Å². The topological polar surface area (TPSA) is 45.4 Å². The van der Waals surface area contributed by atoms with Crippen LogP contribution in [0.4, 0.5) is 0 Å². The maximum atomic E-state index is 10.1. The molecule has 1 aromatic carbocycles. The number of nitrogens with one attached hydrogen (secondary N) is 1. The van der Waals surface area contributed by atoms with Gasteiger partial charge in [0.1, 0.15) is 11.9 Å². The van der Waals surface area contributed by atoms with E-state index in [1.54, 1.807) is 12.3 Å². The van der Waals surface area contributed by atoms with Crippen molar-refractivity contribution in [2.45, 2.75) is 51.3 Å². The van der Waals surface area contributed by atoms with Crippen molar-refractivity contribution < 1.29 is 9.52 Å². The number of benzene rings is 1. The molecule has 3 heteroatoms. The SMILES string of the molecule is CC(CCc1ccccc1)NC(C)CC(O)c1ccco1. The first-order valence-electron chi connectivity index (χ1n) is 7.66. The predicted octanol–water partition coefficient (Wildman–Crippen LogP) is 3.70. The average molecular weight is 287 g/mol. The van der Waals surface area contributed by atoms with Gasteiger partial charge in [0.15, 0.2) is 0 Å². The summed E-state index contributed by atoms with van der Waals surface area (Å²) < 4.78 is 5.23. The van der Waals surface area contributed by atoms with Gasteiger partial charge in [-0.05, 0) is 50.8 Å². The summed E-state index contributed by atoms with van der Waals surface area (Å²) in [4.78, 5) is 0. The summed E-state index contributed by atoms with van der Waals surface area (Å²) in [7, 11) is 0. The maximum absolute atomic E-state index is 10.1. The molecule has 0 saturated carbocycles. The fourth-order valence-electron chi connectivity index (χ4n) is 2.60. The number of aliphatic hydroxyl groups is 1. The van der Waals surface area contributed by atoms with Gasteiger partial charge < -0.3 is 14.8 Å². The lowest BCUT2D eigenvalue weighted by Gasteiger charge is -2.21. The molecule has 3 atom stereocenters. The highest BCUT2D eigenvalue weighted by Gasteiger charge is 2.16. The summed E-state index contributed by atoms with van der Waals surface area (Å²) in [6.07, 6.45) is 3.87. The molecule has 1 heterocycles. The quantitative estimate of drug-likeness (QED) is 0.778. The number of hydrogen-bond donors (Lipinski definition) is 2. The van der Waals surface area contributed by atoms with E-state index in [4.69, 9.17) is 4.42 Å². The van der Waals surface area contributed by atoms with Gasteiger partial charge in [-0.3, -0.25) is 0 Å². The van der Waals surface area contributed by atoms with Gasteiger partial charge in [-0.1, -0.05) is 30.3 Å². The largest absolute Gasteiger partial charge is 0.467 e. The zero-order chi connectivity index (χ0) is 15.1. The van der Waals surface area contributed by atoms with Gasteiger partial charge >= 0.3 is 0 Å². The molecule has 3 nitrogen and oxygen atoms in total. The second kappa shape index (κ2) is 8.01. The van der Waals surface area contributed by atoms with Crippen molar-refractivity contribution >= 4 is 0 Å². The Morgan fingerprint density at radius 3 is 2.48 bits per heavy atom. The van der Waals surface area contributed by atoms with Crippen molar-refractivity contribution in [3.8, 4) is 0 Å². The van der Waals surface area contributed by atoms with Crippen LogP contribution < -0.4 is 5.32 Å². The molecule has 0 aliphatic carbocycles. The second-order valence-electron chi connectivity index (χ2n) is 5.76. The monoisotopic (exact) mass is 287 g/mol. The molecule has 0 radical (unpaired) electrons. The predicted molar refractivity (Wildman–Crippen MR) is 85.1 cm³/mol. The van der Waals surface area contributed by atoms with E-state index in [1.807, 2.05) is 12.1 Å². The number of rotatable bonds is 8. The zero-order valence-electron chi connectivity index (χ0n) is 12.8. The van der Waals surface area contributed by atoms with Gasteiger partial charge in [-0.25, -0.2) is 0 Å². The lowest BCUT2D eigenvalue weighted by atomic mass is 10.0. The van der Waals surface area contributed by atoms with E-state index >= 15 is 0 Å². The molecule has 0 aliphatic rings. The highest BCUT2D eigenvalue weighted by Crippen LogP contribution is 2.18. The van der Waals surface area contributed by atoms with Crippen LogP contribution in [-0.4, -0.2) is 17.2 Å². The van der Waals surface area contributed by atoms with Gasteiger partial charge in [0, 0.05) is 12.1 Å². The van der Waals surface area contributed by atoms with E-state index in [9.17, 15) is 5.11 Å². The fraction of sp³-hybridized carbons (Fsp3) is 0.444. The van der Waals surface area contributed by atoms with Crippen LogP contribution in [0.15, 0.2) is 53.1 Å². The Kier molecular flexibility index (Phi) is 6.03. The molecule has 3 unspecified atom stereocenters. The van der Waals surface area contributed by atoms with Gasteiger partial charge in [0.2, 0.25) is 0 Å². The summed E-state index contributed by atoms with van der Waals surface area (Å²) in [6, 6.07) is 14.8. The van der Waals surface area contributed by atoms with E-state index in [0.29, 0.717) is 18.2 Å². The Labute approximate surface area is 127 Å². The Hall–Kier alpha value is -1.58. The molecule has 114 valence electrons. The second-order valence-corrected chi connectivity index (χ2v) is 5.76. The highest BCUT2D eigenvalue weighted by molar-refractivity contribution is 5.14. The summed E-state index contributed by atoms with van der Waals surface area (Å²) in [5.41, 5.74) is 1.37. The Balaban J connectivity index is 1.70. The zero-order valence-corrected chi connectivity index (χ0v) is 12.8.